The summed E-state index contributed by atoms with van der Waals surface area (Å²) in [4.78, 5) is 21.2. The zero-order valence-electron chi connectivity index (χ0n) is 26.5. The first-order chi connectivity index (χ1) is 22.4. The lowest BCUT2D eigenvalue weighted by molar-refractivity contribution is 0.0993. The molecule has 0 amide bonds. The van der Waals surface area contributed by atoms with Crippen LogP contribution in [0.25, 0.3) is 10.9 Å². The average molecular weight is 662 g/mol. The fraction of sp³-hybridized carbons (Fsp3) is 0.235. The van der Waals surface area contributed by atoms with Gasteiger partial charge in [-0.3, -0.25) is 9.78 Å². The number of halogens is 1. The van der Waals surface area contributed by atoms with Gasteiger partial charge in [0.05, 0.1) is 37.0 Å². The fourth-order valence-corrected chi connectivity index (χ4v) is 5.30. The average Bonchev–Trinajstić information content (AvgIpc) is 3.49. The van der Waals surface area contributed by atoms with Crippen molar-refractivity contribution >= 4 is 56.7 Å². The van der Waals surface area contributed by atoms with Crippen molar-refractivity contribution < 1.29 is 23.5 Å². The molecule has 5 aromatic rings. The number of aryl methyl sites for hydroxylation is 1. The molecule has 12 heteroatoms. The van der Waals surface area contributed by atoms with Gasteiger partial charge in [-0.1, -0.05) is 66.6 Å². The lowest BCUT2D eigenvalue weighted by atomic mass is 10.1. The molecule has 46 heavy (non-hydrogen) atoms. The van der Waals surface area contributed by atoms with Gasteiger partial charge in [-0.2, -0.15) is 0 Å². The highest BCUT2D eigenvalue weighted by atomic mass is 35.5. The summed E-state index contributed by atoms with van der Waals surface area (Å²) in [5, 5.41) is 11.9. The third-order valence-corrected chi connectivity index (χ3v) is 7.69. The second kappa shape index (κ2) is 16.6. The molecular formula is C34H36ClN5O5S. The minimum absolute atomic E-state index is 0.0381. The number of aliphatic imine (C=N–C) groups is 1. The number of methoxy groups -OCH3 is 2. The minimum Gasteiger partial charge on any atom is -0.493 e. The number of fused-ring (bicyclic) bond motifs is 1. The van der Waals surface area contributed by atoms with Gasteiger partial charge in [0.1, 0.15) is 17.3 Å². The van der Waals surface area contributed by atoms with Gasteiger partial charge in [0.25, 0.3) is 0 Å². The third kappa shape index (κ3) is 8.78. The Morgan fingerprint density at radius 3 is 2.37 bits per heavy atom. The monoisotopic (exact) mass is 661 g/mol. The van der Waals surface area contributed by atoms with E-state index in [4.69, 9.17) is 30.3 Å². The number of carbonyl (C=O) groups excluding carboxylic acids is 1. The van der Waals surface area contributed by atoms with Crippen LogP contribution in [0.2, 0.25) is 5.02 Å². The van der Waals surface area contributed by atoms with E-state index in [0.717, 1.165) is 10.9 Å². The van der Waals surface area contributed by atoms with E-state index >= 15 is 0 Å². The number of pyridine rings is 1. The van der Waals surface area contributed by atoms with Gasteiger partial charge in [-0.05, 0) is 43.8 Å². The first-order valence-electron chi connectivity index (χ1n) is 14.5. The quantitative estimate of drug-likeness (QED) is 0.0810. The van der Waals surface area contributed by atoms with Crippen molar-refractivity contribution in [3.05, 3.63) is 94.8 Å². The molecule has 0 saturated carbocycles. The maximum atomic E-state index is 12.1. The smallest absolute Gasteiger partial charge is 0.197 e. The molecule has 0 saturated heterocycles. The van der Waals surface area contributed by atoms with Crippen LogP contribution in [0.15, 0.2) is 82.4 Å². The molecule has 3 aromatic carbocycles. The molecule has 0 spiro atoms. The summed E-state index contributed by atoms with van der Waals surface area (Å²) in [5.74, 6) is 3.98. The van der Waals surface area contributed by atoms with Crippen LogP contribution in [0, 0.1) is 6.92 Å². The van der Waals surface area contributed by atoms with E-state index in [1.54, 1.807) is 58.7 Å². The molecule has 0 aliphatic carbocycles. The number of rotatable bonds is 11. The van der Waals surface area contributed by atoms with Gasteiger partial charge in [-0.15, -0.1) is 0 Å². The number of ketones is 1. The van der Waals surface area contributed by atoms with Crippen LogP contribution >= 0.6 is 23.4 Å². The summed E-state index contributed by atoms with van der Waals surface area (Å²) in [7, 11) is 4.91. The molecule has 240 valence electrons. The molecule has 2 heterocycles. The molecule has 0 aliphatic rings. The predicted molar refractivity (Wildman–Crippen MR) is 186 cm³/mol. The zero-order valence-corrected chi connectivity index (χ0v) is 28.1. The zero-order chi connectivity index (χ0) is 33.1. The maximum Gasteiger partial charge on any atom is 0.197 e. The summed E-state index contributed by atoms with van der Waals surface area (Å²) in [6, 6.07) is 20.0. The predicted octanol–water partition coefficient (Wildman–Crippen LogP) is 8.46. The highest BCUT2D eigenvalue weighted by Gasteiger charge is 2.14. The van der Waals surface area contributed by atoms with Gasteiger partial charge in [-0.25, -0.2) is 4.99 Å². The number of thioether (sulfide) groups is 1. The van der Waals surface area contributed by atoms with Gasteiger partial charge in [0.2, 0.25) is 0 Å². The summed E-state index contributed by atoms with van der Waals surface area (Å²) in [5.41, 5.74) is 3.01. The first-order valence-corrected chi connectivity index (χ1v) is 15.9. The molecule has 0 unspecified atom stereocenters. The molecule has 0 aliphatic heterocycles. The van der Waals surface area contributed by atoms with E-state index in [0.29, 0.717) is 73.8 Å². The van der Waals surface area contributed by atoms with Crippen LogP contribution in [0.5, 0.6) is 23.0 Å². The van der Waals surface area contributed by atoms with Gasteiger partial charge >= 0.3 is 0 Å². The lowest BCUT2D eigenvalue weighted by Crippen LogP contribution is -2.18. The topological polar surface area (TPSA) is 120 Å². The molecular weight excluding hydrogens is 626 g/mol. The van der Waals surface area contributed by atoms with Gasteiger partial charge in [0.15, 0.2) is 28.3 Å². The molecule has 2 aromatic heterocycles. The number of hydrogen-bond donors (Lipinski definition) is 2. The van der Waals surface area contributed by atoms with E-state index < -0.39 is 0 Å². The Labute approximate surface area is 277 Å². The van der Waals surface area contributed by atoms with Crippen LogP contribution < -0.4 is 24.8 Å². The number of benzene rings is 3. The Kier molecular flexibility index (Phi) is 12.4. The van der Waals surface area contributed by atoms with Crippen molar-refractivity contribution in [2.24, 2.45) is 4.99 Å². The van der Waals surface area contributed by atoms with E-state index in [-0.39, 0.29) is 5.78 Å². The maximum absolute atomic E-state index is 12.1. The SMILES string of the molecule is CC.CNCC(=O)c1ccc(CSC(=Nc2cc(C)on2)Nc2ccc(Oc3ccnc4cc(OC)c(OC)cc34)cc2Cl)cc1. The second-order valence-electron chi connectivity index (χ2n) is 9.55. The van der Waals surface area contributed by atoms with Crippen molar-refractivity contribution in [1.29, 1.82) is 0 Å². The van der Waals surface area contributed by atoms with Gasteiger partial charge in [0, 0.05) is 41.1 Å². The van der Waals surface area contributed by atoms with Crippen molar-refractivity contribution in [1.82, 2.24) is 15.5 Å². The molecule has 10 nitrogen and oxygen atoms in total. The Hall–Kier alpha value is -4.58. The van der Waals surface area contributed by atoms with E-state index in [1.807, 2.05) is 56.3 Å². The highest BCUT2D eigenvalue weighted by Crippen LogP contribution is 2.38. The van der Waals surface area contributed by atoms with Crippen LogP contribution in [-0.4, -0.2) is 48.9 Å². The second-order valence-corrected chi connectivity index (χ2v) is 10.9. The number of likely N-dealkylation sites (N-methyl/N-ethyl adjacent to an activating group) is 1. The molecule has 2 N–H and O–H groups in total. The number of hydrogen-bond acceptors (Lipinski definition) is 10. The summed E-state index contributed by atoms with van der Waals surface area (Å²) in [6.07, 6.45) is 1.67. The summed E-state index contributed by atoms with van der Waals surface area (Å²) in [6.45, 7) is 6.09. The summed E-state index contributed by atoms with van der Waals surface area (Å²) >= 11 is 8.18. The van der Waals surface area contributed by atoms with Crippen LogP contribution in [0.4, 0.5) is 11.5 Å². The van der Waals surface area contributed by atoms with Crippen LogP contribution in [0.3, 0.4) is 0 Å². The molecule has 5 rings (SSSR count). The normalized spacial score (nSPS) is 11.1. The highest BCUT2D eigenvalue weighted by molar-refractivity contribution is 8.13. The third-order valence-electron chi connectivity index (χ3n) is 6.44. The van der Waals surface area contributed by atoms with Crippen LogP contribution in [0.1, 0.15) is 35.5 Å². The van der Waals surface area contributed by atoms with E-state index in [9.17, 15) is 4.79 Å². The van der Waals surface area contributed by atoms with E-state index in [1.165, 1.54) is 11.8 Å². The standard InChI is InChI=1S/C32H30ClN5O5S.C2H6/c1-19-13-31(38-43-19)37-32(44-18-20-5-7-21(8-6-20)27(39)17-34-2)36-25-10-9-22(14-24(25)33)42-28-11-12-35-26-16-30(41-4)29(40-3)15-23(26)28;1-2/h5-16,34H,17-18H2,1-4H3,(H,36,37,38);1-2H3. The number of anilines is 1. The Morgan fingerprint density at radius 2 is 1.72 bits per heavy atom. The fourth-order valence-electron chi connectivity index (χ4n) is 4.25. The molecule has 0 atom stereocenters. The Balaban J connectivity index is 0.00000235. The van der Waals surface area contributed by atoms with Crippen molar-refractivity contribution in [3.63, 3.8) is 0 Å². The van der Waals surface area contributed by atoms with Crippen LogP contribution in [-0.2, 0) is 5.75 Å². The van der Waals surface area contributed by atoms with E-state index in [2.05, 4.69) is 25.8 Å². The largest absolute Gasteiger partial charge is 0.493 e. The Morgan fingerprint density at radius 1 is 0.978 bits per heavy atom. The number of Topliss-reactive ketones (excluding diaryl/α,β-unsaturated/α-hetero) is 1. The first kappa shape index (κ1) is 34.3. The molecule has 0 bridgehead atoms. The number of nitrogens with zero attached hydrogens (tertiary/aromatic N) is 3. The lowest BCUT2D eigenvalue weighted by Gasteiger charge is -2.14. The molecule has 0 fully saturated rings. The van der Waals surface area contributed by atoms with Crippen molar-refractivity contribution in [3.8, 4) is 23.0 Å². The minimum atomic E-state index is 0.0381. The van der Waals surface area contributed by atoms with Crippen molar-refractivity contribution in [2.45, 2.75) is 26.5 Å². The number of ether oxygens (including phenoxy) is 3. The Bertz CT molecular complexity index is 1810. The van der Waals surface area contributed by atoms with Crippen molar-refractivity contribution in [2.75, 3.05) is 33.1 Å². The number of amidine groups is 1. The number of aromatic nitrogens is 2. The molecule has 0 radical (unpaired) electrons. The van der Waals surface area contributed by atoms with Gasteiger partial charge < -0.3 is 29.4 Å². The number of nitrogens with one attached hydrogen (secondary N) is 2. The number of carbonyl (C=O) groups is 1. The summed E-state index contributed by atoms with van der Waals surface area (Å²) < 4.78 is 22.3.